The van der Waals surface area contributed by atoms with E-state index >= 15 is 0 Å². The quantitative estimate of drug-likeness (QED) is 0.340. The van der Waals surface area contributed by atoms with Gasteiger partial charge in [0.2, 0.25) is 0 Å². The highest BCUT2D eigenvalue weighted by molar-refractivity contribution is 7.89. The summed E-state index contributed by atoms with van der Waals surface area (Å²) in [7, 11) is -8.59. The van der Waals surface area contributed by atoms with Crippen molar-refractivity contribution < 1.29 is 35.8 Å². The van der Waals surface area contributed by atoms with Crippen LogP contribution in [0.3, 0.4) is 0 Å². The van der Waals surface area contributed by atoms with Gasteiger partial charge in [0.25, 0.3) is 20.2 Å². The Labute approximate surface area is 202 Å². The van der Waals surface area contributed by atoms with Crippen molar-refractivity contribution in [3.05, 3.63) is 47.7 Å². The Morgan fingerprint density at radius 1 is 1.06 bits per heavy atom. The molecular weight excluding hydrogens is 500 g/mol. The molecule has 0 amide bonds. The van der Waals surface area contributed by atoms with Gasteiger partial charge in [0, 0.05) is 36.7 Å². The zero-order chi connectivity index (χ0) is 25.6. The molecule has 4 rings (SSSR count). The van der Waals surface area contributed by atoms with Crippen molar-refractivity contribution in [2.24, 2.45) is 0 Å². The van der Waals surface area contributed by atoms with Crippen LogP contribution in [0.5, 0.6) is 5.88 Å². The van der Waals surface area contributed by atoms with Gasteiger partial charge in [-0.25, -0.2) is 0 Å². The lowest BCUT2D eigenvalue weighted by Gasteiger charge is -2.26. The first-order chi connectivity index (χ1) is 16.4. The Balaban J connectivity index is 0.000000292. The van der Waals surface area contributed by atoms with E-state index in [0.29, 0.717) is 16.8 Å². The maximum absolute atomic E-state index is 10.3. The first-order valence-electron chi connectivity index (χ1n) is 10.4. The summed E-state index contributed by atoms with van der Waals surface area (Å²) in [5, 5.41) is 20.2. The maximum atomic E-state index is 10.3. The number of aromatic nitrogens is 2. The maximum Gasteiger partial charge on any atom is 0.265 e. The fraction of sp³-hybridized carbons (Fsp3) is 0.333. The van der Waals surface area contributed by atoms with E-state index in [9.17, 15) is 21.9 Å². The van der Waals surface area contributed by atoms with Crippen molar-refractivity contribution in [1.82, 2.24) is 14.9 Å². The number of fused-ring (bicyclic) bond motifs is 1. The third-order valence-corrected chi connectivity index (χ3v) is 6.80. The van der Waals surface area contributed by atoms with Crippen molar-refractivity contribution in [2.45, 2.75) is 6.54 Å². The van der Waals surface area contributed by atoms with E-state index in [4.69, 9.17) is 19.1 Å². The summed E-state index contributed by atoms with van der Waals surface area (Å²) in [5.41, 5.74) is 3.78. The van der Waals surface area contributed by atoms with E-state index in [1.807, 2.05) is 18.3 Å². The molecule has 2 aromatic heterocycles. The number of hydrogen-bond donors (Lipinski definition) is 4. The number of pyridine rings is 1. The van der Waals surface area contributed by atoms with E-state index in [2.05, 4.69) is 20.9 Å². The average molecular weight is 525 g/mol. The summed E-state index contributed by atoms with van der Waals surface area (Å²) in [6.07, 6.45) is 1.84. The monoisotopic (exact) mass is 524 g/mol. The second-order valence-corrected chi connectivity index (χ2v) is 10.9. The number of aromatic amines is 1. The number of hydrogen-bond acceptors (Lipinski definition) is 9. The Hall–Kier alpha value is -3.06. The van der Waals surface area contributed by atoms with Crippen molar-refractivity contribution in [2.75, 3.05) is 37.8 Å². The molecule has 3 heterocycles. The lowest BCUT2D eigenvalue weighted by atomic mass is 10.1. The van der Waals surface area contributed by atoms with Gasteiger partial charge in [-0.1, -0.05) is 6.07 Å². The number of benzene rings is 1. The SMILES string of the molecule is N#Cc1ccc2[nH]c(O)c(-c3ccc(CN4CCOCC4)cn3)c2c1.O=S(=O)(O)CCS(=O)(=O)O. The Morgan fingerprint density at radius 3 is 2.26 bits per heavy atom. The standard InChI is InChI=1S/C19H18N4O2.C2H6O6S2/c20-10-13-1-3-16-15(9-13)18(19(24)22-16)17-4-2-14(11-21-17)12-23-5-7-25-8-6-23;3-9(4,5)1-2-10(6,7)8/h1-4,9,11,22,24H,5-8,12H2;1-2H2,(H,3,4,5)(H,6,7,8). The van der Waals surface area contributed by atoms with Crippen molar-refractivity contribution in [3.63, 3.8) is 0 Å². The van der Waals surface area contributed by atoms with Crippen LogP contribution in [0, 0.1) is 11.3 Å². The van der Waals surface area contributed by atoms with Crippen LogP contribution < -0.4 is 0 Å². The van der Waals surface area contributed by atoms with Crippen LogP contribution in [-0.4, -0.2) is 83.7 Å². The molecule has 0 radical (unpaired) electrons. The van der Waals surface area contributed by atoms with Gasteiger partial charge >= 0.3 is 0 Å². The normalized spacial score (nSPS) is 14.8. The molecule has 4 N–H and O–H groups in total. The topological polar surface area (TPSA) is 194 Å². The number of nitriles is 1. The lowest BCUT2D eigenvalue weighted by molar-refractivity contribution is 0.0341. The van der Waals surface area contributed by atoms with Gasteiger partial charge in [-0.15, -0.1) is 0 Å². The Morgan fingerprint density at radius 2 is 1.71 bits per heavy atom. The fourth-order valence-corrected chi connectivity index (χ4v) is 5.09. The van der Waals surface area contributed by atoms with Crippen LogP contribution in [0.4, 0.5) is 0 Å². The minimum Gasteiger partial charge on any atom is -0.494 e. The minimum absolute atomic E-state index is 0.0681. The summed E-state index contributed by atoms with van der Waals surface area (Å²) in [6.45, 7) is 4.25. The van der Waals surface area contributed by atoms with Crippen LogP contribution in [0.15, 0.2) is 36.5 Å². The summed E-state index contributed by atoms with van der Waals surface area (Å²) in [5.74, 6) is -1.89. The largest absolute Gasteiger partial charge is 0.494 e. The number of aromatic hydroxyl groups is 1. The molecule has 1 aromatic carbocycles. The summed E-state index contributed by atoms with van der Waals surface area (Å²) >= 11 is 0. The summed E-state index contributed by atoms with van der Waals surface area (Å²) < 4.78 is 60.8. The van der Waals surface area contributed by atoms with Crippen LogP contribution in [0.1, 0.15) is 11.1 Å². The highest BCUT2D eigenvalue weighted by Crippen LogP contribution is 2.36. The Kier molecular flexibility index (Phi) is 8.43. The van der Waals surface area contributed by atoms with Crippen LogP contribution in [-0.2, 0) is 31.5 Å². The van der Waals surface area contributed by atoms with E-state index in [1.165, 1.54) is 0 Å². The number of nitrogens with zero attached hydrogens (tertiary/aromatic N) is 3. The number of rotatable bonds is 6. The number of H-pyrrole nitrogens is 1. The van der Waals surface area contributed by atoms with Gasteiger partial charge in [-0.2, -0.15) is 22.1 Å². The molecule has 12 nitrogen and oxygen atoms in total. The first-order valence-corrected chi connectivity index (χ1v) is 13.6. The number of nitrogens with one attached hydrogen (secondary N) is 1. The molecule has 0 aliphatic carbocycles. The number of morpholine rings is 1. The van der Waals surface area contributed by atoms with Crippen molar-refractivity contribution in [1.29, 1.82) is 5.26 Å². The van der Waals surface area contributed by atoms with Gasteiger partial charge in [0.15, 0.2) is 5.88 Å². The zero-order valence-electron chi connectivity index (χ0n) is 18.5. The number of ether oxygens (including phenoxy) is 1. The van der Waals surface area contributed by atoms with E-state index in [1.54, 1.807) is 18.2 Å². The predicted molar refractivity (Wildman–Crippen MR) is 127 cm³/mol. The van der Waals surface area contributed by atoms with Gasteiger partial charge in [0.1, 0.15) is 0 Å². The lowest BCUT2D eigenvalue weighted by Crippen LogP contribution is -2.35. The second-order valence-electron chi connectivity index (χ2n) is 7.73. The molecule has 188 valence electrons. The fourth-order valence-electron chi connectivity index (χ4n) is 3.40. The van der Waals surface area contributed by atoms with Crippen LogP contribution >= 0.6 is 0 Å². The van der Waals surface area contributed by atoms with Crippen LogP contribution in [0.2, 0.25) is 0 Å². The molecule has 0 saturated carbocycles. The van der Waals surface area contributed by atoms with Gasteiger partial charge in [-0.3, -0.25) is 19.0 Å². The molecule has 0 spiro atoms. The zero-order valence-corrected chi connectivity index (χ0v) is 20.1. The molecule has 3 aromatic rings. The third kappa shape index (κ3) is 7.99. The second kappa shape index (κ2) is 11.1. The molecule has 1 saturated heterocycles. The van der Waals surface area contributed by atoms with Gasteiger partial charge in [-0.05, 0) is 29.8 Å². The molecule has 14 heteroatoms. The summed E-state index contributed by atoms with van der Waals surface area (Å²) in [6, 6.07) is 11.4. The third-order valence-electron chi connectivity index (χ3n) is 5.10. The molecule has 1 aliphatic heterocycles. The molecule has 35 heavy (non-hydrogen) atoms. The molecule has 0 atom stereocenters. The van der Waals surface area contributed by atoms with Gasteiger partial charge in [0.05, 0.1) is 47.6 Å². The highest BCUT2D eigenvalue weighted by atomic mass is 32.2. The van der Waals surface area contributed by atoms with Crippen molar-refractivity contribution in [3.8, 4) is 23.2 Å². The average Bonchev–Trinajstić information content (AvgIpc) is 3.13. The van der Waals surface area contributed by atoms with E-state index < -0.39 is 31.7 Å². The predicted octanol–water partition coefficient (Wildman–Crippen LogP) is 1.40. The molecular formula is C21H24N4O8S2. The highest BCUT2D eigenvalue weighted by Gasteiger charge is 2.16. The molecule has 1 fully saturated rings. The summed E-state index contributed by atoms with van der Waals surface area (Å²) in [4.78, 5) is 9.81. The van der Waals surface area contributed by atoms with Gasteiger partial charge < -0.3 is 14.8 Å². The minimum atomic E-state index is -4.30. The van der Waals surface area contributed by atoms with Crippen LogP contribution in [0.25, 0.3) is 22.2 Å². The van der Waals surface area contributed by atoms with E-state index in [-0.39, 0.29) is 5.88 Å². The molecule has 0 unspecified atom stereocenters. The smallest absolute Gasteiger partial charge is 0.265 e. The van der Waals surface area contributed by atoms with Crippen molar-refractivity contribution >= 4 is 31.1 Å². The molecule has 1 aliphatic rings. The van der Waals surface area contributed by atoms with E-state index in [0.717, 1.165) is 49.3 Å². The Bertz CT molecular complexity index is 1390. The molecule has 0 bridgehead atoms. The first kappa shape index (κ1) is 26.5.